The van der Waals surface area contributed by atoms with E-state index >= 15 is 0 Å². The summed E-state index contributed by atoms with van der Waals surface area (Å²) in [4.78, 5) is 4.30. The molecule has 7 nitrogen and oxygen atoms in total. The van der Waals surface area contributed by atoms with Gasteiger partial charge < -0.3 is 29.6 Å². The predicted molar refractivity (Wildman–Crippen MR) is 135 cm³/mol. The third kappa shape index (κ3) is 6.81. The molecule has 2 aromatic carbocycles. The van der Waals surface area contributed by atoms with E-state index in [1.54, 1.807) is 28.4 Å². The zero-order valence-corrected chi connectivity index (χ0v) is 20.9. The van der Waals surface area contributed by atoms with E-state index in [0.29, 0.717) is 24.0 Å². The molecule has 0 heterocycles. The number of halogens is 1. The van der Waals surface area contributed by atoms with Crippen molar-refractivity contribution in [3.8, 4) is 23.0 Å². The summed E-state index contributed by atoms with van der Waals surface area (Å²) in [6.07, 6.45) is 4.95. The van der Waals surface area contributed by atoms with Gasteiger partial charge in [0.05, 0.1) is 27.4 Å². The van der Waals surface area contributed by atoms with Gasteiger partial charge in [-0.05, 0) is 55.5 Å². The van der Waals surface area contributed by atoms with Crippen LogP contribution in [0.3, 0.4) is 0 Å². The van der Waals surface area contributed by atoms with Crippen LogP contribution in [0.5, 0.6) is 23.0 Å². The molecule has 0 atom stereocenters. The average molecular weight is 541 g/mol. The fourth-order valence-electron chi connectivity index (χ4n) is 3.52. The molecule has 1 fully saturated rings. The SMILES string of the molecule is CN=C(NCc1ccc(OC)c(OC2CCCC2)c1)Nc1ccc(OC)c(OC)c1.I. The Labute approximate surface area is 201 Å². The average Bonchev–Trinajstić information content (AvgIpc) is 3.29. The highest BCUT2D eigenvalue weighted by atomic mass is 127. The van der Waals surface area contributed by atoms with Gasteiger partial charge in [0.15, 0.2) is 29.0 Å². The van der Waals surface area contributed by atoms with E-state index in [9.17, 15) is 0 Å². The Kier molecular flexibility index (Phi) is 10.0. The molecule has 0 amide bonds. The van der Waals surface area contributed by atoms with Gasteiger partial charge >= 0.3 is 0 Å². The van der Waals surface area contributed by atoms with Gasteiger partial charge in [-0.25, -0.2) is 0 Å². The first-order valence-corrected chi connectivity index (χ1v) is 10.2. The Morgan fingerprint density at radius 2 is 1.55 bits per heavy atom. The minimum Gasteiger partial charge on any atom is -0.493 e. The van der Waals surface area contributed by atoms with Crippen LogP contribution in [0, 0.1) is 0 Å². The number of hydrogen-bond donors (Lipinski definition) is 2. The zero-order chi connectivity index (χ0) is 21.3. The molecule has 1 aliphatic rings. The second-order valence-corrected chi connectivity index (χ2v) is 7.13. The molecule has 3 rings (SSSR count). The highest BCUT2D eigenvalue weighted by Crippen LogP contribution is 2.32. The predicted octanol–water partition coefficient (Wildman–Crippen LogP) is 4.84. The third-order valence-electron chi connectivity index (χ3n) is 5.15. The fraction of sp³-hybridized carbons (Fsp3) is 0.435. The molecular weight excluding hydrogens is 509 g/mol. The van der Waals surface area contributed by atoms with Gasteiger partial charge in [-0.2, -0.15) is 0 Å². The Balaban J connectivity index is 0.00000341. The second kappa shape index (κ2) is 12.5. The lowest BCUT2D eigenvalue weighted by Gasteiger charge is -2.18. The smallest absolute Gasteiger partial charge is 0.195 e. The summed E-state index contributed by atoms with van der Waals surface area (Å²) in [5.41, 5.74) is 1.93. The molecule has 0 spiro atoms. The van der Waals surface area contributed by atoms with Crippen LogP contribution in [-0.2, 0) is 6.54 Å². The van der Waals surface area contributed by atoms with Gasteiger partial charge in [-0.1, -0.05) is 6.07 Å². The van der Waals surface area contributed by atoms with E-state index in [0.717, 1.165) is 35.6 Å². The summed E-state index contributed by atoms with van der Waals surface area (Å²) in [6, 6.07) is 11.6. The number of aliphatic imine (C=N–C) groups is 1. The molecule has 0 aliphatic heterocycles. The van der Waals surface area contributed by atoms with E-state index in [1.165, 1.54) is 12.8 Å². The first kappa shape index (κ1) is 24.9. The number of methoxy groups -OCH3 is 3. The summed E-state index contributed by atoms with van der Waals surface area (Å²) < 4.78 is 22.3. The summed E-state index contributed by atoms with van der Waals surface area (Å²) in [7, 11) is 6.64. The largest absolute Gasteiger partial charge is 0.493 e. The van der Waals surface area contributed by atoms with Gasteiger partial charge in [0.2, 0.25) is 0 Å². The number of nitrogens with zero attached hydrogens (tertiary/aromatic N) is 1. The molecule has 2 aromatic rings. The first-order chi connectivity index (χ1) is 14.7. The summed E-state index contributed by atoms with van der Waals surface area (Å²) in [5, 5.41) is 6.60. The molecule has 170 valence electrons. The van der Waals surface area contributed by atoms with Crippen molar-refractivity contribution in [3.63, 3.8) is 0 Å². The van der Waals surface area contributed by atoms with Crippen molar-refractivity contribution in [2.45, 2.75) is 38.3 Å². The van der Waals surface area contributed by atoms with Gasteiger partial charge in [-0.15, -0.1) is 24.0 Å². The van der Waals surface area contributed by atoms with E-state index in [-0.39, 0.29) is 30.1 Å². The number of anilines is 1. The number of nitrogens with one attached hydrogen (secondary N) is 2. The molecule has 1 saturated carbocycles. The summed E-state index contributed by atoms with van der Waals surface area (Å²) in [6.45, 7) is 0.595. The third-order valence-corrected chi connectivity index (χ3v) is 5.15. The second-order valence-electron chi connectivity index (χ2n) is 7.13. The van der Waals surface area contributed by atoms with Gasteiger partial charge in [0, 0.05) is 25.3 Å². The highest BCUT2D eigenvalue weighted by molar-refractivity contribution is 14.0. The molecule has 2 N–H and O–H groups in total. The molecule has 1 aliphatic carbocycles. The highest BCUT2D eigenvalue weighted by Gasteiger charge is 2.18. The lowest BCUT2D eigenvalue weighted by Crippen LogP contribution is -2.30. The van der Waals surface area contributed by atoms with E-state index < -0.39 is 0 Å². The number of rotatable bonds is 8. The van der Waals surface area contributed by atoms with Crippen LogP contribution >= 0.6 is 24.0 Å². The maximum Gasteiger partial charge on any atom is 0.195 e. The lowest BCUT2D eigenvalue weighted by atomic mass is 10.2. The normalized spacial score (nSPS) is 13.9. The molecular formula is C23H32IN3O4. The van der Waals surface area contributed by atoms with Crippen LogP contribution in [0.2, 0.25) is 0 Å². The van der Waals surface area contributed by atoms with E-state index in [4.69, 9.17) is 18.9 Å². The number of benzene rings is 2. The Morgan fingerprint density at radius 1 is 0.903 bits per heavy atom. The van der Waals surface area contributed by atoms with Crippen molar-refractivity contribution in [2.75, 3.05) is 33.7 Å². The summed E-state index contributed by atoms with van der Waals surface area (Å²) in [5.74, 6) is 3.54. The number of guanidine groups is 1. The Bertz CT molecular complexity index is 870. The van der Waals surface area contributed by atoms with Crippen LogP contribution in [0.4, 0.5) is 5.69 Å². The zero-order valence-electron chi connectivity index (χ0n) is 18.6. The van der Waals surface area contributed by atoms with E-state index in [1.807, 2.05) is 36.4 Å². The van der Waals surface area contributed by atoms with Crippen molar-refractivity contribution >= 4 is 35.6 Å². The lowest BCUT2D eigenvalue weighted by molar-refractivity contribution is 0.200. The van der Waals surface area contributed by atoms with Crippen LogP contribution in [0.15, 0.2) is 41.4 Å². The minimum absolute atomic E-state index is 0. The Hall–Kier alpha value is -2.36. The molecule has 0 saturated heterocycles. The molecule has 8 heteroatoms. The number of ether oxygens (including phenoxy) is 4. The molecule has 0 radical (unpaired) electrons. The van der Waals surface area contributed by atoms with Crippen LogP contribution in [0.25, 0.3) is 0 Å². The first-order valence-electron chi connectivity index (χ1n) is 10.2. The van der Waals surface area contributed by atoms with Crippen molar-refractivity contribution < 1.29 is 18.9 Å². The van der Waals surface area contributed by atoms with E-state index in [2.05, 4.69) is 15.6 Å². The standard InChI is InChI=1S/C23H31N3O4.HI/c1-24-23(26-17-10-12-19(27-2)21(14-17)29-4)25-15-16-9-11-20(28-3)22(13-16)30-18-7-5-6-8-18;/h9-14,18H,5-8,15H2,1-4H3,(H2,24,25,26);1H. The van der Waals surface area contributed by atoms with Crippen LogP contribution in [-0.4, -0.2) is 40.4 Å². The monoisotopic (exact) mass is 541 g/mol. The van der Waals surface area contributed by atoms with Crippen molar-refractivity contribution in [1.82, 2.24) is 5.32 Å². The number of hydrogen-bond acceptors (Lipinski definition) is 5. The Morgan fingerprint density at radius 3 is 2.19 bits per heavy atom. The molecule has 31 heavy (non-hydrogen) atoms. The van der Waals surface area contributed by atoms with Gasteiger partial charge in [0.1, 0.15) is 0 Å². The maximum absolute atomic E-state index is 6.19. The van der Waals surface area contributed by atoms with Gasteiger partial charge in [-0.3, -0.25) is 4.99 Å². The van der Waals surface area contributed by atoms with Crippen LogP contribution in [0.1, 0.15) is 31.2 Å². The quantitative estimate of drug-likeness (QED) is 0.283. The van der Waals surface area contributed by atoms with Crippen molar-refractivity contribution in [2.24, 2.45) is 4.99 Å². The summed E-state index contributed by atoms with van der Waals surface area (Å²) >= 11 is 0. The molecule has 0 bridgehead atoms. The maximum atomic E-state index is 6.19. The topological polar surface area (TPSA) is 73.3 Å². The molecule has 0 unspecified atom stereocenters. The van der Waals surface area contributed by atoms with Gasteiger partial charge in [0.25, 0.3) is 0 Å². The fourth-order valence-corrected chi connectivity index (χ4v) is 3.52. The molecule has 0 aromatic heterocycles. The van der Waals surface area contributed by atoms with Crippen LogP contribution < -0.4 is 29.6 Å². The van der Waals surface area contributed by atoms with Crippen molar-refractivity contribution in [3.05, 3.63) is 42.0 Å². The minimum atomic E-state index is 0. The van der Waals surface area contributed by atoms with Crippen molar-refractivity contribution in [1.29, 1.82) is 0 Å².